The number of hydrogen-bond acceptors (Lipinski definition) is 4. The van der Waals surface area contributed by atoms with Crippen LogP contribution in [0.15, 0.2) is 54.6 Å². The Kier molecular flexibility index (Phi) is 2.93. The van der Waals surface area contributed by atoms with E-state index in [4.69, 9.17) is 0 Å². The minimum absolute atomic E-state index is 0.167. The van der Waals surface area contributed by atoms with Gasteiger partial charge in [0.1, 0.15) is 9.85 Å². The SMILES string of the molecule is O=[N+]([O-])C1([N+](=O)[O-])C=CC(c2ccccc2)C=C1. The molecule has 6 nitrogen and oxygen atoms in total. The van der Waals surface area contributed by atoms with E-state index in [0.29, 0.717) is 0 Å². The molecule has 1 aromatic carbocycles. The maximum Gasteiger partial charge on any atom is 0.497 e. The fraction of sp³-hybridized carbons (Fsp3) is 0.167. The van der Waals surface area contributed by atoms with Gasteiger partial charge in [0.05, 0.1) is 12.2 Å². The summed E-state index contributed by atoms with van der Waals surface area (Å²) in [5.41, 5.74) is -1.39. The summed E-state index contributed by atoms with van der Waals surface area (Å²) in [6.45, 7) is 0. The lowest BCUT2D eigenvalue weighted by Gasteiger charge is -2.16. The van der Waals surface area contributed by atoms with E-state index in [0.717, 1.165) is 17.7 Å². The fourth-order valence-electron chi connectivity index (χ4n) is 1.82. The molecule has 0 saturated heterocycles. The van der Waals surface area contributed by atoms with Crippen LogP contribution in [-0.2, 0) is 0 Å². The zero-order valence-corrected chi connectivity index (χ0v) is 9.30. The van der Waals surface area contributed by atoms with Gasteiger partial charge in [0.15, 0.2) is 0 Å². The van der Waals surface area contributed by atoms with Crippen LogP contribution in [0.5, 0.6) is 0 Å². The molecule has 0 saturated carbocycles. The maximum atomic E-state index is 10.8. The lowest BCUT2D eigenvalue weighted by atomic mass is 9.91. The van der Waals surface area contributed by atoms with Crippen LogP contribution in [0, 0.1) is 20.2 Å². The molecule has 0 unspecified atom stereocenters. The highest BCUT2D eigenvalue weighted by Crippen LogP contribution is 2.28. The first kappa shape index (κ1) is 12.0. The Bertz CT molecular complexity index is 506. The van der Waals surface area contributed by atoms with Gasteiger partial charge in [0.2, 0.25) is 0 Å². The molecular weight excluding hydrogens is 236 g/mol. The molecule has 2 rings (SSSR count). The van der Waals surface area contributed by atoms with E-state index in [9.17, 15) is 20.2 Å². The molecule has 1 aliphatic rings. The van der Waals surface area contributed by atoms with Crippen molar-refractivity contribution in [2.75, 3.05) is 0 Å². The summed E-state index contributed by atoms with van der Waals surface area (Å²) in [5, 5.41) is 21.6. The minimum Gasteiger partial charge on any atom is -0.258 e. The number of nitrogens with zero attached hydrogens (tertiary/aromatic N) is 2. The summed E-state index contributed by atoms with van der Waals surface area (Å²) in [6, 6.07) is 9.28. The van der Waals surface area contributed by atoms with Crippen LogP contribution in [-0.4, -0.2) is 15.5 Å². The van der Waals surface area contributed by atoms with Crippen molar-refractivity contribution in [1.82, 2.24) is 0 Å². The van der Waals surface area contributed by atoms with Gasteiger partial charge in [-0.2, -0.15) is 0 Å². The van der Waals surface area contributed by atoms with Gasteiger partial charge in [0, 0.05) is 5.92 Å². The number of nitro groups is 2. The molecule has 0 spiro atoms. The van der Waals surface area contributed by atoms with Crippen molar-refractivity contribution >= 4 is 0 Å². The first-order valence-electron chi connectivity index (χ1n) is 5.29. The summed E-state index contributed by atoms with van der Waals surface area (Å²) in [4.78, 5) is 19.8. The van der Waals surface area contributed by atoms with Crippen LogP contribution in [0.25, 0.3) is 0 Å². The molecule has 0 N–H and O–H groups in total. The van der Waals surface area contributed by atoms with Crippen molar-refractivity contribution in [1.29, 1.82) is 0 Å². The summed E-state index contributed by atoms with van der Waals surface area (Å²) in [7, 11) is 0. The van der Waals surface area contributed by atoms with E-state index in [1.54, 1.807) is 0 Å². The van der Waals surface area contributed by atoms with Crippen LogP contribution < -0.4 is 0 Å². The molecule has 1 aliphatic carbocycles. The lowest BCUT2D eigenvalue weighted by Crippen LogP contribution is -2.43. The van der Waals surface area contributed by atoms with Crippen molar-refractivity contribution in [2.45, 2.75) is 11.6 Å². The Morgan fingerprint density at radius 2 is 1.44 bits per heavy atom. The molecule has 0 atom stereocenters. The molecule has 0 fully saturated rings. The molecule has 18 heavy (non-hydrogen) atoms. The van der Waals surface area contributed by atoms with Crippen molar-refractivity contribution < 1.29 is 9.85 Å². The smallest absolute Gasteiger partial charge is 0.258 e. The predicted molar refractivity (Wildman–Crippen MR) is 64.2 cm³/mol. The summed E-state index contributed by atoms with van der Waals surface area (Å²) < 4.78 is 0. The van der Waals surface area contributed by atoms with Gasteiger partial charge in [-0.05, 0) is 5.56 Å². The molecular formula is C12H10N2O4. The van der Waals surface area contributed by atoms with Crippen molar-refractivity contribution in [3.05, 3.63) is 80.4 Å². The third kappa shape index (κ3) is 1.88. The Balaban J connectivity index is 2.31. The number of hydrogen-bond donors (Lipinski definition) is 0. The highest BCUT2D eigenvalue weighted by molar-refractivity contribution is 5.33. The van der Waals surface area contributed by atoms with Crippen molar-refractivity contribution in [2.24, 2.45) is 0 Å². The number of benzene rings is 1. The second-order valence-electron chi connectivity index (χ2n) is 3.95. The molecule has 0 aliphatic heterocycles. The quantitative estimate of drug-likeness (QED) is 0.354. The average Bonchev–Trinajstić information content (AvgIpc) is 2.39. The van der Waals surface area contributed by atoms with Crippen LogP contribution in [0.4, 0.5) is 0 Å². The predicted octanol–water partition coefficient (Wildman–Crippen LogP) is 2.15. The zero-order chi connectivity index (χ0) is 13.2. The topological polar surface area (TPSA) is 86.3 Å². The third-order valence-electron chi connectivity index (χ3n) is 2.87. The molecule has 0 amide bonds. The monoisotopic (exact) mass is 246 g/mol. The Labute approximate surface area is 103 Å². The Morgan fingerprint density at radius 1 is 0.944 bits per heavy atom. The van der Waals surface area contributed by atoms with Crippen LogP contribution in [0.1, 0.15) is 11.5 Å². The first-order chi connectivity index (χ1) is 8.56. The third-order valence-corrected chi connectivity index (χ3v) is 2.87. The average molecular weight is 246 g/mol. The summed E-state index contributed by atoms with van der Waals surface area (Å²) >= 11 is 0. The molecule has 1 aromatic rings. The van der Waals surface area contributed by atoms with E-state index < -0.39 is 15.5 Å². The summed E-state index contributed by atoms with van der Waals surface area (Å²) in [5.74, 6) is -0.167. The maximum absolute atomic E-state index is 10.8. The Hall–Kier alpha value is -2.50. The molecule has 0 heterocycles. The summed E-state index contributed by atoms with van der Waals surface area (Å²) in [6.07, 6.45) is 5.04. The van der Waals surface area contributed by atoms with Gasteiger partial charge in [0.25, 0.3) is 0 Å². The number of rotatable bonds is 3. The van der Waals surface area contributed by atoms with E-state index >= 15 is 0 Å². The molecule has 0 bridgehead atoms. The van der Waals surface area contributed by atoms with E-state index in [1.165, 1.54) is 12.2 Å². The number of allylic oxidation sites excluding steroid dienone is 2. The fourth-order valence-corrected chi connectivity index (χ4v) is 1.82. The largest absolute Gasteiger partial charge is 0.497 e. The van der Waals surface area contributed by atoms with Crippen molar-refractivity contribution in [3.63, 3.8) is 0 Å². The van der Waals surface area contributed by atoms with Crippen LogP contribution in [0.3, 0.4) is 0 Å². The highest BCUT2D eigenvalue weighted by atomic mass is 16.7. The normalized spacial score (nSPS) is 17.6. The minimum atomic E-state index is -2.33. The second-order valence-corrected chi connectivity index (χ2v) is 3.95. The Morgan fingerprint density at radius 3 is 1.89 bits per heavy atom. The van der Waals surface area contributed by atoms with Gasteiger partial charge in [-0.3, -0.25) is 20.2 Å². The van der Waals surface area contributed by atoms with E-state index in [2.05, 4.69) is 0 Å². The van der Waals surface area contributed by atoms with Gasteiger partial charge in [-0.15, -0.1) is 0 Å². The molecule has 0 radical (unpaired) electrons. The zero-order valence-electron chi connectivity index (χ0n) is 9.30. The van der Waals surface area contributed by atoms with Crippen LogP contribution in [0.2, 0.25) is 0 Å². The van der Waals surface area contributed by atoms with Gasteiger partial charge in [-0.25, -0.2) is 0 Å². The van der Waals surface area contributed by atoms with E-state index in [1.807, 2.05) is 30.3 Å². The van der Waals surface area contributed by atoms with Gasteiger partial charge >= 0.3 is 5.66 Å². The molecule has 92 valence electrons. The molecule has 0 aromatic heterocycles. The van der Waals surface area contributed by atoms with Gasteiger partial charge in [-0.1, -0.05) is 42.5 Å². The van der Waals surface area contributed by atoms with E-state index in [-0.39, 0.29) is 5.92 Å². The second kappa shape index (κ2) is 4.40. The lowest BCUT2D eigenvalue weighted by molar-refractivity contribution is -0.765. The highest BCUT2D eigenvalue weighted by Gasteiger charge is 2.52. The van der Waals surface area contributed by atoms with Gasteiger partial charge < -0.3 is 0 Å². The standard InChI is InChI=1S/C12H10N2O4/c15-13(16)12(14(17)18)8-6-11(7-9-12)10-4-2-1-3-5-10/h1-9,11H. The van der Waals surface area contributed by atoms with Crippen molar-refractivity contribution in [3.8, 4) is 0 Å². The molecule has 6 heteroatoms. The van der Waals surface area contributed by atoms with Crippen LogP contribution >= 0.6 is 0 Å². The first-order valence-corrected chi connectivity index (χ1v) is 5.29.